The van der Waals surface area contributed by atoms with E-state index in [2.05, 4.69) is 10.2 Å². The average Bonchev–Trinajstić information content (AvgIpc) is 3.20. The average molecular weight is 376 g/mol. The number of hydrogen-bond donors (Lipinski definition) is 1. The van der Waals surface area contributed by atoms with Gasteiger partial charge in [0.15, 0.2) is 5.76 Å². The lowest BCUT2D eigenvalue weighted by molar-refractivity contribution is -0.121. The minimum absolute atomic E-state index is 0.000915. The Balaban J connectivity index is 1.36. The van der Waals surface area contributed by atoms with Gasteiger partial charge in [-0.3, -0.25) is 14.5 Å². The van der Waals surface area contributed by atoms with Crippen LogP contribution in [-0.2, 0) is 11.3 Å². The van der Waals surface area contributed by atoms with Crippen LogP contribution in [0.5, 0.6) is 0 Å². The summed E-state index contributed by atoms with van der Waals surface area (Å²) in [6, 6.07) is 10.9. The standard InChI is InChI=1S/C19H22ClN3O3/c20-16-5-2-1-4-15(16)14-21-18(24)7-8-22-9-11-23(12-10-22)19(25)17-6-3-13-26-17/h1-6,13H,7-12,14H2,(H,21,24). The predicted octanol–water partition coefficient (Wildman–Crippen LogP) is 2.40. The SMILES string of the molecule is O=C(CCN1CCN(C(=O)c2ccco2)CC1)NCc1ccccc1Cl. The van der Waals surface area contributed by atoms with Gasteiger partial charge in [-0.25, -0.2) is 0 Å². The van der Waals surface area contributed by atoms with Crippen molar-refractivity contribution < 1.29 is 14.0 Å². The van der Waals surface area contributed by atoms with Gasteiger partial charge in [0, 0.05) is 50.7 Å². The number of carbonyl (C=O) groups excluding carboxylic acids is 2. The van der Waals surface area contributed by atoms with Gasteiger partial charge in [-0.2, -0.15) is 0 Å². The molecule has 0 unspecified atom stereocenters. The minimum Gasteiger partial charge on any atom is -0.459 e. The van der Waals surface area contributed by atoms with Crippen LogP contribution in [0.15, 0.2) is 47.1 Å². The Hall–Kier alpha value is -2.31. The molecule has 0 aliphatic carbocycles. The second kappa shape index (κ2) is 8.87. The van der Waals surface area contributed by atoms with Gasteiger partial charge in [0.2, 0.25) is 5.91 Å². The Kier molecular flexibility index (Phi) is 6.30. The van der Waals surface area contributed by atoms with Crippen molar-refractivity contribution in [2.75, 3.05) is 32.7 Å². The Morgan fingerprint density at radius 3 is 2.54 bits per heavy atom. The molecule has 0 spiro atoms. The summed E-state index contributed by atoms with van der Waals surface area (Å²) >= 11 is 6.08. The van der Waals surface area contributed by atoms with Crippen molar-refractivity contribution >= 4 is 23.4 Å². The molecule has 2 amide bonds. The van der Waals surface area contributed by atoms with E-state index in [4.69, 9.17) is 16.0 Å². The second-order valence-corrected chi connectivity index (χ2v) is 6.64. The summed E-state index contributed by atoms with van der Waals surface area (Å²) in [5.74, 6) is 0.295. The van der Waals surface area contributed by atoms with E-state index in [1.807, 2.05) is 24.3 Å². The van der Waals surface area contributed by atoms with Gasteiger partial charge in [0.25, 0.3) is 5.91 Å². The molecule has 26 heavy (non-hydrogen) atoms. The van der Waals surface area contributed by atoms with Crippen molar-refractivity contribution in [3.63, 3.8) is 0 Å². The first-order valence-corrected chi connectivity index (χ1v) is 9.06. The quantitative estimate of drug-likeness (QED) is 0.842. The summed E-state index contributed by atoms with van der Waals surface area (Å²) in [7, 11) is 0. The van der Waals surface area contributed by atoms with Crippen molar-refractivity contribution in [1.82, 2.24) is 15.1 Å². The number of nitrogens with one attached hydrogen (secondary N) is 1. The highest BCUT2D eigenvalue weighted by atomic mass is 35.5. The van der Waals surface area contributed by atoms with Gasteiger partial charge in [-0.05, 0) is 23.8 Å². The molecule has 138 valence electrons. The van der Waals surface area contributed by atoms with Crippen LogP contribution in [0, 0.1) is 0 Å². The van der Waals surface area contributed by atoms with Crippen molar-refractivity contribution in [2.24, 2.45) is 0 Å². The highest BCUT2D eigenvalue weighted by Crippen LogP contribution is 2.14. The van der Waals surface area contributed by atoms with E-state index in [0.29, 0.717) is 43.4 Å². The molecule has 0 radical (unpaired) electrons. The first kappa shape index (κ1) is 18.5. The van der Waals surface area contributed by atoms with Crippen LogP contribution >= 0.6 is 11.6 Å². The van der Waals surface area contributed by atoms with E-state index in [0.717, 1.165) is 18.7 Å². The number of amides is 2. The Labute approximate surface area is 157 Å². The Bertz CT molecular complexity index is 740. The summed E-state index contributed by atoms with van der Waals surface area (Å²) in [6.45, 7) is 3.90. The largest absolute Gasteiger partial charge is 0.459 e. The molecule has 0 saturated carbocycles. The highest BCUT2D eigenvalue weighted by Gasteiger charge is 2.23. The maximum Gasteiger partial charge on any atom is 0.289 e. The van der Waals surface area contributed by atoms with Crippen LogP contribution < -0.4 is 5.32 Å². The lowest BCUT2D eigenvalue weighted by atomic mass is 10.2. The lowest BCUT2D eigenvalue weighted by Crippen LogP contribution is -2.49. The summed E-state index contributed by atoms with van der Waals surface area (Å²) < 4.78 is 5.16. The number of furan rings is 1. The third kappa shape index (κ3) is 4.86. The fourth-order valence-corrected chi connectivity index (χ4v) is 3.12. The zero-order chi connectivity index (χ0) is 18.4. The van der Waals surface area contributed by atoms with Gasteiger partial charge in [-0.1, -0.05) is 29.8 Å². The predicted molar refractivity (Wildman–Crippen MR) is 99.0 cm³/mol. The highest BCUT2D eigenvalue weighted by molar-refractivity contribution is 6.31. The second-order valence-electron chi connectivity index (χ2n) is 6.23. The maximum absolute atomic E-state index is 12.2. The minimum atomic E-state index is -0.0767. The smallest absolute Gasteiger partial charge is 0.289 e. The monoisotopic (exact) mass is 375 g/mol. The molecule has 1 N–H and O–H groups in total. The van der Waals surface area contributed by atoms with Crippen LogP contribution in [0.2, 0.25) is 5.02 Å². The van der Waals surface area contributed by atoms with E-state index >= 15 is 0 Å². The first-order chi connectivity index (χ1) is 12.6. The number of piperazine rings is 1. The molecule has 1 aliphatic heterocycles. The third-order valence-corrected chi connectivity index (χ3v) is 4.85. The van der Waals surface area contributed by atoms with Crippen LogP contribution in [-0.4, -0.2) is 54.3 Å². The summed E-state index contributed by atoms with van der Waals surface area (Å²) in [4.78, 5) is 28.2. The molecule has 1 aromatic heterocycles. The van der Waals surface area contributed by atoms with Crippen LogP contribution in [0.3, 0.4) is 0 Å². The number of carbonyl (C=O) groups is 2. The molecule has 1 saturated heterocycles. The molecular formula is C19H22ClN3O3. The summed E-state index contributed by atoms with van der Waals surface area (Å²) in [5.41, 5.74) is 0.910. The topological polar surface area (TPSA) is 65.8 Å². The number of hydrogen-bond acceptors (Lipinski definition) is 4. The van der Waals surface area contributed by atoms with Crippen LogP contribution in [0.1, 0.15) is 22.5 Å². The van der Waals surface area contributed by atoms with Crippen molar-refractivity contribution in [3.8, 4) is 0 Å². The summed E-state index contributed by atoms with van der Waals surface area (Å²) in [6.07, 6.45) is 1.93. The molecule has 7 heteroatoms. The van der Waals surface area contributed by atoms with Crippen molar-refractivity contribution in [2.45, 2.75) is 13.0 Å². The van der Waals surface area contributed by atoms with Gasteiger partial charge < -0.3 is 14.6 Å². The molecule has 2 aromatic rings. The molecule has 3 rings (SSSR count). The molecule has 6 nitrogen and oxygen atoms in total. The maximum atomic E-state index is 12.2. The number of halogens is 1. The van der Waals surface area contributed by atoms with Crippen molar-refractivity contribution in [1.29, 1.82) is 0 Å². The molecule has 1 aliphatic rings. The molecule has 1 aromatic carbocycles. The van der Waals surface area contributed by atoms with E-state index in [1.165, 1.54) is 6.26 Å². The molecule has 2 heterocycles. The van der Waals surface area contributed by atoms with Crippen molar-refractivity contribution in [3.05, 3.63) is 59.0 Å². The Morgan fingerprint density at radius 2 is 1.85 bits per heavy atom. The van der Waals surface area contributed by atoms with E-state index in [-0.39, 0.29) is 11.8 Å². The first-order valence-electron chi connectivity index (χ1n) is 8.69. The zero-order valence-corrected chi connectivity index (χ0v) is 15.2. The van der Waals surface area contributed by atoms with Crippen LogP contribution in [0.25, 0.3) is 0 Å². The number of nitrogens with zero attached hydrogens (tertiary/aromatic N) is 2. The zero-order valence-electron chi connectivity index (χ0n) is 14.5. The van der Waals surface area contributed by atoms with Gasteiger partial charge in [0.1, 0.15) is 0 Å². The third-order valence-electron chi connectivity index (χ3n) is 4.48. The van der Waals surface area contributed by atoms with Gasteiger partial charge in [0.05, 0.1) is 6.26 Å². The molecule has 0 bridgehead atoms. The fourth-order valence-electron chi connectivity index (χ4n) is 2.91. The van der Waals surface area contributed by atoms with E-state index in [1.54, 1.807) is 17.0 Å². The Morgan fingerprint density at radius 1 is 1.08 bits per heavy atom. The summed E-state index contributed by atoms with van der Waals surface area (Å²) in [5, 5.41) is 3.56. The lowest BCUT2D eigenvalue weighted by Gasteiger charge is -2.34. The van der Waals surface area contributed by atoms with Crippen LogP contribution in [0.4, 0.5) is 0 Å². The van der Waals surface area contributed by atoms with Gasteiger partial charge in [-0.15, -0.1) is 0 Å². The normalized spacial score (nSPS) is 15.0. The van der Waals surface area contributed by atoms with E-state index in [9.17, 15) is 9.59 Å². The molecular weight excluding hydrogens is 354 g/mol. The number of rotatable bonds is 6. The molecule has 0 atom stereocenters. The van der Waals surface area contributed by atoms with E-state index < -0.39 is 0 Å². The fraction of sp³-hybridized carbons (Fsp3) is 0.368. The molecule has 1 fully saturated rings. The number of benzene rings is 1. The van der Waals surface area contributed by atoms with Gasteiger partial charge >= 0.3 is 0 Å².